The van der Waals surface area contributed by atoms with Crippen LogP contribution in [0.4, 0.5) is 11.6 Å². The zero-order valence-corrected chi connectivity index (χ0v) is 21.4. The molecular formula is C28H36N4O5. The molecule has 1 aromatic carbocycles. The van der Waals surface area contributed by atoms with Gasteiger partial charge in [-0.05, 0) is 75.8 Å². The van der Waals surface area contributed by atoms with Crippen molar-refractivity contribution in [3.05, 3.63) is 36.7 Å². The molecule has 1 aromatic heterocycles. The summed E-state index contributed by atoms with van der Waals surface area (Å²) in [5.74, 6) is 1.88. The molecule has 0 spiro atoms. The number of carboxylic acids is 1. The number of hydrogen-bond donors (Lipinski definition) is 2. The third-order valence-corrected chi connectivity index (χ3v) is 8.42. The number of aromatic nitrogens is 2. The van der Waals surface area contributed by atoms with Crippen LogP contribution in [0.25, 0.3) is 0 Å². The van der Waals surface area contributed by atoms with Crippen LogP contribution in [0.5, 0.6) is 11.5 Å². The molecule has 37 heavy (non-hydrogen) atoms. The van der Waals surface area contributed by atoms with Crippen LogP contribution in [0.3, 0.4) is 0 Å². The Hall–Kier alpha value is -3.36. The minimum atomic E-state index is -0.679. The highest BCUT2D eigenvalue weighted by atomic mass is 16.5. The van der Waals surface area contributed by atoms with Gasteiger partial charge in [-0.1, -0.05) is 12.1 Å². The number of piperidine rings is 1. The van der Waals surface area contributed by atoms with Gasteiger partial charge in [0.15, 0.2) is 17.3 Å². The molecule has 2 N–H and O–H groups in total. The van der Waals surface area contributed by atoms with Crippen LogP contribution in [0.1, 0.15) is 64.7 Å². The highest BCUT2D eigenvalue weighted by Gasteiger charge is 2.53. The van der Waals surface area contributed by atoms with E-state index in [1.807, 2.05) is 31.2 Å². The summed E-state index contributed by atoms with van der Waals surface area (Å²) in [5.41, 5.74) is -0.666. The first kappa shape index (κ1) is 25.3. The van der Waals surface area contributed by atoms with Crippen molar-refractivity contribution < 1.29 is 24.2 Å². The second-order valence-corrected chi connectivity index (χ2v) is 10.8. The summed E-state index contributed by atoms with van der Waals surface area (Å²) in [6.45, 7) is 4.04. The number of carboxylic acid groups (broad SMARTS) is 1. The number of benzene rings is 1. The fourth-order valence-corrected chi connectivity index (χ4v) is 6.19. The van der Waals surface area contributed by atoms with E-state index in [0.29, 0.717) is 50.5 Å². The maximum absolute atomic E-state index is 13.0. The summed E-state index contributed by atoms with van der Waals surface area (Å²) in [4.78, 5) is 35.8. The lowest BCUT2D eigenvalue weighted by Gasteiger charge is -2.51. The molecule has 1 aliphatic heterocycles. The van der Waals surface area contributed by atoms with E-state index in [9.17, 15) is 14.7 Å². The van der Waals surface area contributed by atoms with Gasteiger partial charge in [0.2, 0.25) is 5.91 Å². The third kappa shape index (κ3) is 5.50. The lowest BCUT2D eigenvalue weighted by Crippen LogP contribution is -2.47. The number of anilines is 2. The molecule has 4 aliphatic rings. The van der Waals surface area contributed by atoms with Gasteiger partial charge >= 0.3 is 5.97 Å². The van der Waals surface area contributed by atoms with Crippen molar-refractivity contribution in [1.29, 1.82) is 0 Å². The number of fused-ring (bicyclic) bond motifs is 3. The predicted molar refractivity (Wildman–Crippen MR) is 139 cm³/mol. The second-order valence-electron chi connectivity index (χ2n) is 10.8. The maximum atomic E-state index is 13.0. The maximum Gasteiger partial charge on any atom is 0.309 e. The van der Waals surface area contributed by atoms with E-state index in [0.717, 1.165) is 50.1 Å². The SMILES string of the molecule is CCOc1ccccc1O[C@@H]1CCCN(c2cncc(NC(=O)CC34CCC(C(=O)O)(CC3)CC4)n2)C1. The molecule has 1 amide bonds. The number of para-hydroxylation sites is 2. The Morgan fingerprint density at radius 3 is 2.54 bits per heavy atom. The van der Waals surface area contributed by atoms with Crippen molar-refractivity contribution in [2.45, 2.75) is 70.8 Å². The Morgan fingerprint density at radius 2 is 1.84 bits per heavy atom. The fourth-order valence-electron chi connectivity index (χ4n) is 6.19. The summed E-state index contributed by atoms with van der Waals surface area (Å²) in [6.07, 6.45) is 9.95. The first-order valence-electron chi connectivity index (χ1n) is 13.4. The average Bonchev–Trinajstić information content (AvgIpc) is 2.91. The molecule has 1 saturated heterocycles. The summed E-state index contributed by atoms with van der Waals surface area (Å²) < 4.78 is 12.0. The Labute approximate surface area is 217 Å². The number of carbonyl (C=O) groups excluding carboxylic acids is 1. The smallest absolute Gasteiger partial charge is 0.309 e. The number of ether oxygens (including phenoxy) is 2. The van der Waals surface area contributed by atoms with E-state index >= 15 is 0 Å². The molecule has 9 heteroatoms. The topological polar surface area (TPSA) is 114 Å². The van der Waals surface area contributed by atoms with Crippen molar-refractivity contribution in [2.24, 2.45) is 10.8 Å². The van der Waals surface area contributed by atoms with Crippen LogP contribution in [0.2, 0.25) is 0 Å². The van der Waals surface area contributed by atoms with Crippen molar-refractivity contribution in [3.8, 4) is 11.5 Å². The quantitative estimate of drug-likeness (QED) is 0.502. The van der Waals surface area contributed by atoms with Crippen molar-refractivity contribution >= 4 is 23.5 Å². The van der Waals surface area contributed by atoms with Gasteiger partial charge in [-0.2, -0.15) is 0 Å². The van der Waals surface area contributed by atoms with E-state index < -0.39 is 11.4 Å². The molecule has 2 aromatic rings. The average molecular weight is 509 g/mol. The number of hydrogen-bond acceptors (Lipinski definition) is 7. The van der Waals surface area contributed by atoms with E-state index in [1.165, 1.54) is 0 Å². The van der Waals surface area contributed by atoms with Gasteiger partial charge in [-0.25, -0.2) is 4.98 Å². The summed E-state index contributed by atoms with van der Waals surface area (Å²) in [5, 5.41) is 12.6. The zero-order chi connectivity index (χ0) is 25.9. The predicted octanol–water partition coefficient (Wildman–Crippen LogP) is 4.68. The number of rotatable bonds is 9. The summed E-state index contributed by atoms with van der Waals surface area (Å²) in [7, 11) is 0. The van der Waals surface area contributed by atoms with Gasteiger partial charge in [0.25, 0.3) is 0 Å². The van der Waals surface area contributed by atoms with Crippen molar-refractivity contribution in [1.82, 2.24) is 9.97 Å². The molecule has 0 radical (unpaired) electrons. The Morgan fingerprint density at radius 1 is 1.11 bits per heavy atom. The number of aliphatic carboxylic acids is 1. The van der Waals surface area contributed by atoms with Crippen molar-refractivity contribution in [3.63, 3.8) is 0 Å². The van der Waals surface area contributed by atoms with Crippen LogP contribution < -0.4 is 19.7 Å². The molecule has 0 unspecified atom stereocenters. The molecule has 3 saturated carbocycles. The van der Waals surface area contributed by atoms with E-state index in [2.05, 4.69) is 20.2 Å². The van der Waals surface area contributed by atoms with E-state index in [4.69, 9.17) is 9.47 Å². The number of amides is 1. The summed E-state index contributed by atoms with van der Waals surface area (Å²) >= 11 is 0. The standard InChI is InChI=1S/C28H36N4O5/c1-2-36-21-7-3-4-8-22(21)37-20-6-5-15-32(19-20)24-18-29-17-23(30-24)31-25(33)16-27-9-12-28(13-10-27,14-11-27)26(34)35/h3-4,7-8,17-18,20H,2,5-6,9-16,19H2,1H3,(H,34,35)(H,30,31,33)/t20-,27?,28?/m1/s1. The highest BCUT2D eigenvalue weighted by Crippen LogP contribution is 2.58. The van der Waals surface area contributed by atoms with E-state index in [-0.39, 0.29) is 17.4 Å². The lowest BCUT2D eigenvalue weighted by molar-refractivity contribution is -0.159. The minimum Gasteiger partial charge on any atom is -0.490 e. The number of nitrogens with zero attached hydrogens (tertiary/aromatic N) is 3. The Bertz CT molecular complexity index is 1110. The van der Waals surface area contributed by atoms with Crippen LogP contribution >= 0.6 is 0 Å². The molecule has 2 bridgehead atoms. The monoisotopic (exact) mass is 508 g/mol. The van der Waals surface area contributed by atoms with Crippen molar-refractivity contribution in [2.75, 3.05) is 29.9 Å². The van der Waals surface area contributed by atoms with Crippen LogP contribution in [0.15, 0.2) is 36.7 Å². The molecule has 198 valence electrons. The van der Waals surface area contributed by atoms with Gasteiger partial charge < -0.3 is 24.8 Å². The van der Waals surface area contributed by atoms with Crippen LogP contribution in [-0.2, 0) is 9.59 Å². The lowest BCUT2D eigenvalue weighted by atomic mass is 9.53. The molecular weight excluding hydrogens is 472 g/mol. The Kier molecular flexibility index (Phi) is 7.22. The molecule has 4 fully saturated rings. The first-order valence-corrected chi connectivity index (χ1v) is 13.4. The summed E-state index contributed by atoms with van der Waals surface area (Å²) in [6, 6.07) is 7.73. The highest BCUT2D eigenvalue weighted by molar-refractivity contribution is 5.90. The molecule has 9 nitrogen and oxygen atoms in total. The van der Waals surface area contributed by atoms with Gasteiger partial charge in [-0.15, -0.1) is 0 Å². The molecule has 3 aliphatic carbocycles. The number of nitrogens with one attached hydrogen (secondary N) is 1. The fraction of sp³-hybridized carbons (Fsp3) is 0.571. The molecule has 6 rings (SSSR count). The second kappa shape index (κ2) is 10.6. The molecule has 2 heterocycles. The largest absolute Gasteiger partial charge is 0.490 e. The van der Waals surface area contributed by atoms with Crippen LogP contribution in [-0.4, -0.2) is 52.8 Å². The van der Waals surface area contributed by atoms with Gasteiger partial charge in [0.05, 0.1) is 31.0 Å². The molecule has 1 atom stereocenters. The van der Waals surface area contributed by atoms with Gasteiger partial charge in [-0.3, -0.25) is 14.6 Å². The number of carbonyl (C=O) groups is 2. The minimum absolute atomic E-state index is 0.00923. The third-order valence-electron chi connectivity index (χ3n) is 8.42. The van der Waals surface area contributed by atoms with Gasteiger partial charge in [0, 0.05) is 13.0 Å². The van der Waals surface area contributed by atoms with Gasteiger partial charge in [0.1, 0.15) is 11.9 Å². The van der Waals surface area contributed by atoms with Crippen LogP contribution in [0, 0.1) is 10.8 Å². The zero-order valence-electron chi connectivity index (χ0n) is 21.4. The normalized spacial score (nSPS) is 26.9. The first-order chi connectivity index (χ1) is 17.9. The van der Waals surface area contributed by atoms with E-state index in [1.54, 1.807) is 12.4 Å². The Balaban J connectivity index is 1.19.